The number of carbonyl (C=O) groups excluding carboxylic acids is 1. The minimum atomic E-state index is -1.03. The molecule has 0 heterocycles. The number of benzene rings is 1. The highest BCUT2D eigenvalue weighted by Gasteiger charge is 2.18. The molecule has 0 radical (unpaired) electrons. The summed E-state index contributed by atoms with van der Waals surface area (Å²) in [4.78, 5) is 21.1. The molecule has 0 spiro atoms. The van der Waals surface area contributed by atoms with E-state index in [1.54, 1.807) is 0 Å². The largest absolute Gasteiger partial charge is 0.370 e. The number of nitrogens with one attached hydrogen (secondary N) is 1. The quantitative estimate of drug-likeness (QED) is 0.594. The Morgan fingerprint density at radius 3 is 2.78 bits per heavy atom. The maximum Gasteiger partial charge on any atom is 0.304 e. The van der Waals surface area contributed by atoms with Crippen molar-refractivity contribution >= 4 is 17.3 Å². The van der Waals surface area contributed by atoms with Gasteiger partial charge in [0.2, 0.25) is 5.82 Å². The molecule has 1 atom stereocenters. The number of rotatable bonds is 5. The number of carbonyl (C=O) groups is 1. The molecule has 0 aromatic heterocycles. The van der Waals surface area contributed by atoms with Crippen molar-refractivity contribution in [1.29, 1.82) is 0 Å². The maximum absolute atomic E-state index is 13.3. The zero-order chi connectivity index (χ0) is 13.7. The fraction of sp³-hybridized carbons (Fsp3) is 0.300. The van der Waals surface area contributed by atoms with E-state index < -0.39 is 28.4 Å². The number of amides is 1. The van der Waals surface area contributed by atoms with Crippen molar-refractivity contribution in [3.8, 4) is 0 Å². The molecular weight excluding hydrogens is 245 g/mol. The molecule has 0 aliphatic heterocycles. The number of halogens is 1. The fourth-order valence-corrected chi connectivity index (χ4v) is 1.27. The molecule has 1 aromatic carbocycles. The molecule has 7 nitrogen and oxygen atoms in total. The van der Waals surface area contributed by atoms with Gasteiger partial charge in [0, 0.05) is 31.5 Å². The molecule has 0 fully saturated rings. The zero-order valence-corrected chi connectivity index (χ0v) is 9.55. The molecule has 8 heteroatoms. The second-order valence-electron chi connectivity index (χ2n) is 3.37. The van der Waals surface area contributed by atoms with Gasteiger partial charge in [0.05, 0.1) is 4.92 Å². The van der Waals surface area contributed by atoms with Gasteiger partial charge in [-0.2, -0.15) is 4.39 Å². The number of anilines is 1. The number of nitro groups is 1. The van der Waals surface area contributed by atoms with Gasteiger partial charge in [0.15, 0.2) is 0 Å². The Morgan fingerprint density at radius 1 is 1.67 bits per heavy atom. The summed E-state index contributed by atoms with van der Waals surface area (Å²) < 4.78 is 18.1. The van der Waals surface area contributed by atoms with E-state index in [0.29, 0.717) is 0 Å². The van der Waals surface area contributed by atoms with E-state index in [1.165, 1.54) is 13.2 Å². The number of nitrogens with zero attached hydrogens (tertiary/aromatic N) is 1. The first-order valence-corrected chi connectivity index (χ1v) is 4.97. The predicted molar refractivity (Wildman–Crippen MR) is 61.5 cm³/mol. The molecule has 0 saturated carbocycles. The molecule has 18 heavy (non-hydrogen) atoms. The third kappa shape index (κ3) is 3.22. The van der Waals surface area contributed by atoms with Crippen LogP contribution in [0.5, 0.6) is 0 Å². The van der Waals surface area contributed by atoms with Crippen molar-refractivity contribution in [2.75, 3.05) is 19.0 Å². The van der Waals surface area contributed by atoms with Gasteiger partial charge < -0.3 is 15.8 Å². The highest BCUT2D eigenvalue weighted by molar-refractivity contribution is 5.94. The number of nitro benzene ring substituents is 1. The van der Waals surface area contributed by atoms with Crippen LogP contribution < -0.4 is 11.1 Å². The number of ether oxygens (including phenoxy) is 1. The molecule has 0 bridgehead atoms. The van der Waals surface area contributed by atoms with E-state index in [-0.39, 0.29) is 12.2 Å². The van der Waals surface area contributed by atoms with Crippen LogP contribution in [0.2, 0.25) is 0 Å². The highest BCUT2D eigenvalue weighted by Crippen LogP contribution is 2.20. The summed E-state index contributed by atoms with van der Waals surface area (Å²) in [5, 5.41) is 12.7. The van der Waals surface area contributed by atoms with Crippen LogP contribution in [0.1, 0.15) is 0 Å². The van der Waals surface area contributed by atoms with Crippen LogP contribution in [0, 0.1) is 15.9 Å². The summed E-state index contributed by atoms with van der Waals surface area (Å²) in [5.74, 6) is -1.58. The number of hydrogen-bond donors (Lipinski definition) is 2. The highest BCUT2D eigenvalue weighted by atomic mass is 19.1. The summed E-state index contributed by atoms with van der Waals surface area (Å²) in [6, 6.07) is 3.05. The maximum atomic E-state index is 13.3. The number of methoxy groups -OCH3 is 1. The Balaban J connectivity index is 2.83. The number of hydrogen-bond acceptors (Lipinski definition) is 5. The summed E-state index contributed by atoms with van der Waals surface area (Å²) >= 11 is 0. The lowest BCUT2D eigenvalue weighted by atomic mass is 10.2. The zero-order valence-electron chi connectivity index (χ0n) is 9.55. The first-order chi connectivity index (χ1) is 8.49. The fourth-order valence-electron chi connectivity index (χ4n) is 1.27. The summed E-state index contributed by atoms with van der Waals surface area (Å²) in [5.41, 5.74) is 4.72. The second kappa shape index (κ2) is 6.03. The van der Waals surface area contributed by atoms with Crippen LogP contribution in [-0.2, 0) is 9.53 Å². The molecule has 1 aromatic rings. The lowest BCUT2D eigenvalue weighted by Crippen LogP contribution is -2.35. The first kappa shape index (κ1) is 14.0. The summed E-state index contributed by atoms with van der Waals surface area (Å²) in [6.45, 7) is -0.0300. The summed E-state index contributed by atoms with van der Waals surface area (Å²) in [7, 11) is 1.31. The van der Waals surface area contributed by atoms with Gasteiger partial charge in [-0.1, -0.05) is 0 Å². The van der Waals surface area contributed by atoms with E-state index in [1.807, 2.05) is 0 Å². The molecule has 0 aliphatic rings. The van der Waals surface area contributed by atoms with Gasteiger partial charge in [0.25, 0.3) is 5.91 Å². The van der Waals surface area contributed by atoms with Crippen LogP contribution in [0.15, 0.2) is 18.2 Å². The Labute approximate surface area is 102 Å². The topological polar surface area (TPSA) is 107 Å². The Hall–Kier alpha value is -2.06. The first-order valence-electron chi connectivity index (χ1n) is 4.97. The molecule has 1 amide bonds. The van der Waals surface area contributed by atoms with Crippen molar-refractivity contribution in [3.63, 3.8) is 0 Å². The SMILES string of the molecule is COC(CN)C(=O)Nc1ccc([N+](=O)[O-])c(F)c1. The van der Waals surface area contributed by atoms with Gasteiger partial charge in [-0.25, -0.2) is 0 Å². The molecule has 1 rings (SSSR count). The van der Waals surface area contributed by atoms with Crippen molar-refractivity contribution < 1.29 is 18.8 Å². The minimum Gasteiger partial charge on any atom is -0.370 e. The molecule has 0 saturated heterocycles. The van der Waals surface area contributed by atoms with Crippen LogP contribution in [0.4, 0.5) is 15.8 Å². The second-order valence-corrected chi connectivity index (χ2v) is 3.37. The average molecular weight is 257 g/mol. The Kier molecular flexibility index (Phi) is 4.69. The minimum absolute atomic E-state index is 0.0300. The standard InChI is InChI=1S/C10H12FN3O4/c1-18-9(5-12)10(15)13-6-2-3-8(14(16)17)7(11)4-6/h2-4,9H,5,12H2,1H3,(H,13,15). The normalized spacial score (nSPS) is 11.9. The molecule has 98 valence electrons. The monoisotopic (exact) mass is 257 g/mol. The molecule has 1 unspecified atom stereocenters. The van der Waals surface area contributed by atoms with E-state index in [4.69, 9.17) is 10.5 Å². The molecule has 3 N–H and O–H groups in total. The van der Waals surface area contributed by atoms with E-state index in [9.17, 15) is 19.3 Å². The van der Waals surface area contributed by atoms with Crippen molar-refractivity contribution in [3.05, 3.63) is 34.1 Å². The van der Waals surface area contributed by atoms with Crippen molar-refractivity contribution in [2.24, 2.45) is 5.73 Å². The third-order valence-corrected chi connectivity index (χ3v) is 2.20. The third-order valence-electron chi connectivity index (χ3n) is 2.20. The summed E-state index contributed by atoms with van der Waals surface area (Å²) in [6.07, 6.45) is -0.858. The van der Waals surface area contributed by atoms with E-state index in [0.717, 1.165) is 12.1 Å². The van der Waals surface area contributed by atoms with Gasteiger partial charge in [-0.3, -0.25) is 14.9 Å². The lowest BCUT2D eigenvalue weighted by Gasteiger charge is -2.12. The Morgan fingerprint density at radius 2 is 2.33 bits per heavy atom. The van der Waals surface area contributed by atoms with Gasteiger partial charge in [-0.15, -0.1) is 0 Å². The lowest BCUT2D eigenvalue weighted by molar-refractivity contribution is -0.387. The average Bonchev–Trinajstić information content (AvgIpc) is 2.30. The van der Waals surface area contributed by atoms with Crippen molar-refractivity contribution in [1.82, 2.24) is 0 Å². The number of nitrogens with two attached hydrogens (primary N) is 1. The Bertz CT molecular complexity index is 462. The van der Waals surface area contributed by atoms with Gasteiger partial charge >= 0.3 is 5.69 Å². The van der Waals surface area contributed by atoms with Gasteiger partial charge in [0.1, 0.15) is 6.10 Å². The van der Waals surface area contributed by atoms with Crippen molar-refractivity contribution in [2.45, 2.75) is 6.10 Å². The van der Waals surface area contributed by atoms with Crippen LogP contribution in [0.25, 0.3) is 0 Å². The van der Waals surface area contributed by atoms with E-state index in [2.05, 4.69) is 5.32 Å². The molecule has 0 aliphatic carbocycles. The predicted octanol–water partition coefficient (Wildman–Crippen LogP) is 0.646. The smallest absolute Gasteiger partial charge is 0.304 e. The van der Waals surface area contributed by atoms with E-state index >= 15 is 0 Å². The van der Waals surface area contributed by atoms with Gasteiger partial charge in [-0.05, 0) is 6.07 Å². The van der Waals surface area contributed by atoms with Crippen LogP contribution in [0.3, 0.4) is 0 Å². The van der Waals surface area contributed by atoms with Crippen LogP contribution >= 0.6 is 0 Å². The van der Waals surface area contributed by atoms with Crippen LogP contribution in [-0.4, -0.2) is 30.6 Å². The molecular formula is C10H12FN3O4.